The topological polar surface area (TPSA) is 66.4 Å². The van der Waals surface area contributed by atoms with Gasteiger partial charge in [0.1, 0.15) is 0 Å². The van der Waals surface area contributed by atoms with Crippen molar-refractivity contribution in [3.05, 3.63) is 28.0 Å². The van der Waals surface area contributed by atoms with Gasteiger partial charge >= 0.3 is 5.97 Å². The number of carboxylic acid groups (broad SMARTS) is 1. The molecule has 1 aromatic rings. The largest absolute Gasteiger partial charge is 0.478 e. The fourth-order valence-electron chi connectivity index (χ4n) is 1.19. The highest BCUT2D eigenvalue weighted by Gasteiger charge is 2.13. The van der Waals surface area contributed by atoms with Gasteiger partial charge in [0, 0.05) is 12.1 Å². The van der Waals surface area contributed by atoms with Gasteiger partial charge in [-0.05, 0) is 36.4 Å². The molecule has 5 heteroatoms. The van der Waals surface area contributed by atoms with Crippen molar-refractivity contribution in [1.29, 1.82) is 0 Å². The van der Waals surface area contributed by atoms with Gasteiger partial charge in [-0.1, -0.05) is 6.92 Å². The SMILES string of the molecule is CCC(C)NC(=O)c1sccc1C=CC(=O)O. The fraction of sp³-hybridized carbons (Fsp3) is 0.333. The molecule has 0 aromatic carbocycles. The van der Waals surface area contributed by atoms with Gasteiger partial charge in [0.15, 0.2) is 0 Å². The number of rotatable bonds is 5. The maximum absolute atomic E-state index is 11.9. The second-order valence-electron chi connectivity index (χ2n) is 3.66. The lowest BCUT2D eigenvalue weighted by Crippen LogP contribution is -2.31. The van der Waals surface area contributed by atoms with Gasteiger partial charge < -0.3 is 10.4 Å². The molecule has 0 spiro atoms. The molecule has 1 aromatic heterocycles. The predicted octanol–water partition coefficient (Wildman–Crippen LogP) is 2.37. The van der Waals surface area contributed by atoms with E-state index in [1.165, 1.54) is 17.4 Å². The molecule has 0 saturated carbocycles. The summed E-state index contributed by atoms with van der Waals surface area (Å²) < 4.78 is 0. The Morgan fingerprint density at radius 3 is 2.88 bits per heavy atom. The summed E-state index contributed by atoms with van der Waals surface area (Å²) in [6.07, 6.45) is 3.32. The van der Waals surface area contributed by atoms with Crippen LogP contribution in [-0.2, 0) is 4.79 Å². The summed E-state index contributed by atoms with van der Waals surface area (Å²) in [5.41, 5.74) is 0.637. The predicted molar refractivity (Wildman–Crippen MR) is 68.2 cm³/mol. The Morgan fingerprint density at radius 1 is 1.59 bits per heavy atom. The van der Waals surface area contributed by atoms with Crippen LogP contribution >= 0.6 is 11.3 Å². The smallest absolute Gasteiger partial charge is 0.328 e. The van der Waals surface area contributed by atoms with Crippen LogP contribution in [0.2, 0.25) is 0 Å². The zero-order valence-electron chi connectivity index (χ0n) is 9.77. The number of aliphatic carboxylic acids is 1. The third-order valence-electron chi connectivity index (χ3n) is 2.30. The summed E-state index contributed by atoms with van der Waals surface area (Å²) in [4.78, 5) is 22.8. The van der Waals surface area contributed by atoms with E-state index in [0.717, 1.165) is 12.5 Å². The molecule has 0 saturated heterocycles. The average molecular weight is 253 g/mol. The Kier molecular flexibility index (Phi) is 4.90. The highest BCUT2D eigenvalue weighted by atomic mass is 32.1. The van der Waals surface area contributed by atoms with Gasteiger partial charge in [-0.3, -0.25) is 4.79 Å². The van der Waals surface area contributed by atoms with Crippen LogP contribution in [0.1, 0.15) is 35.5 Å². The second-order valence-corrected chi connectivity index (χ2v) is 4.58. The van der Waals surface area contributed by atoms with E-state index in [1.807, 2.05) is 13.8 Å². The molecule has 17 heavy (non-hydrogen) atoms. The van der Waals surface area contributed by atoms with Crippen molar-refractivity contribution < 1.29 is 14.7 Å². The van der Waals surface area contributed by atoms with E-state index < -0.39 is 5.97 Å². The monoisotopic (exact) mass is 253 g/mol. The van der Waals surface area contributed by atoms with E-state index in [0.29, 0.717) is 10.4 Å². The van der Waals surface area contributed by atoms with E-state index in [9.17, 15) is 9.59 Å². The molecule has 1 rings (SSSR count). The molecule has 92 valence electrons. The van der Waals surface area contributed by atoms with Gasteiger partial charge in [-0.15, -0.1) is 11.3 Å². The Labute approximate surface area is 104 Å². The van der Waals surface area contributed by atoms with E-state index in [-0.39, 0.29) is 11.9 Å². The van der Waals surface area contributed by atoms with Gasteiger partial charge in [0.05, 0.1) is 4.88 Å². The minimum Gasteiger partial charge on any atom is -0.478 e. The standard InChI is InChI=1S/C12H15NO3S/c1-3-8(2)13-12(16)11-9(6-7-17-11)4-5-10(14)15/h4-8H,3H2,1-2H3,(H,13,16)(H,14,15). The lowest BCUT2D eigenvalue weighted by atomic mass is 10.2. The van der Waals surface area contributed by atoms with Crippen molar-refractivity contribution in [1.82, 2.24) is 5.32 Å². The summed E-state index contributed by atoms with van der Waals surface area (Å²) >= 11 is 1.31. The van der Waals surface area contributed by atoms with Crippen molar-refractivity contribution in [2.75, 3.05) is 0 Å². The number of carbonyl (C=O) groups excluding carboxylic acids is 1. The third kappa shape index (κ3) is 4.03. The van der Waals surface area contributed by atoms with Crippen molar-refractivity contribution in [3.8, 4) is 0 Å². The van der Waals surface area contributed by atoms with Crippen LogP contribution in [-0.4, -0.2) is 23.0 Å². The van der Waals surface area contributed by atoms with Crippen LogP contribution in [0, 0.1) is 0 Å². The molecular formula is C12H15NO3S. The first-order chi connectivity index (χ1) is 8.04. The average Bonchev–Trinajstić information content (AvgIpc) is 2.74. The zero-order valence-corrected chi connectivity index (χ0v) is 10.6. The Balaban J connectivity index is 2.81. The van der Waals surface area contributed by atoms with E-state index in [4.69, 9.17) is 5.11 Å². The molecule has 0 aliphatic heterocycles. The Morgan fingerprint density at radius 2 is 2.29 bits per heavy atom. The van der Waals surface area contributed by atoms with Gasteiger partial charge in [-0.2, -0.15) is 0 Å². The molecule has 0 bridgehead atoms. The van der Waals surface area contributed by atoms with Crippen molar-refractivity contribution in [2.45, 2.75) is 26.3 Å². The number of nitrogens with one attached hydrogen (secondary N) is 1. The normalized spacial score (nSPS) is 12.6. The quantitative estimate of drug-likeness (QED) is 0.792. The Hall–Kier alpha value is -1.62. The first-order valence-electron chi connectivity index (χ1n) is 5.34. The van der Waals surface area contributed by atoms with Crippen LogP contribution < -0.4 is 5.32 Å². The molecule has 4 nitrogen and oxygen atoms in total. The van der Waals surface area contributed by atoms with E-state index in [2.05, 4.69) is 5.32 Å². The minimum absolute atomic E-state index is 0.112. The maximum Gasteiger partial charge on any atom is 0.328 e. The molecular weight excluding hydrogens is 238 g/mol. The number of thiophene rings is 1. The first-order valence-corrected chi connectivity index (χ1v) is 6.22. The maximum atomic E-state index is 11.9. The van der Waals surface area contributed by atoms with Crippen molar-refractivity contribution >= 4 is 29.3 Å². The van der Waals surface area contributed by atoms with Crippen LogP contribution in [0.5, 0.6) is 0 Å². The molecule has 1 atom stereocenters. The number of amides is 1. The molecule has 1 heterocycles. The number of carboxylic acids is 1. The number of hydrogen-bond acceptors (Lipinski definition) is 3. The molecule has 0 radical (unpaired) electrons. The molecule has 1 unspecified atom stereocenters. The minimum atomic E-state index is -1.02. The summed E-state index contributed by atoms with van der Waals surface area (Å²) in [6, 6.07) is 1.84. The second kappa shape index (κ2) is 6.20. The summed E-state index contributed by atoms with van der Waals surface area (Å²) in [7, 11) is 0. The fourth-order valence-corrected chi connectivity index (χ4v) is 1.98. The summed E-state index contributed by atoms with van der Waals surface area (Å²) in [6.45, 7) is 3.92. The van der Waals surface area contributed by atoms with Crippen molar-refractivity contribution in [2.24, 2.45) is 0 Å². The number of carbonyl (C=O) groups is 2. The van der Waals surface area contributed by atoms with Crippen LogP contribution in [0.25, 0.3) is 6.08 Å². The van der Waals surface area contributed by atoms with E-state index >= 15 is 0 Å². The molecule has 1 amide bonds. The van der Waals surface area contributed by atoms with Crippen LogP contribution in [0.3, 0.4) is 0 Å². The van der Waals surface area contributed by atoms with Crippen LogP contribution in [0.15, 0.2) is 17.5 Å². The summed E-state index contributed by atoms with van der Waals surface area (Å²) in [5.74, 6) is -1.18. The molecule has 0 aliphatic rings. The number of hydrogen-bond donors (Lipinski definition) is 2. The molecule has 2 N–H and O–H groups in total. The zero-order chi connectivity index (χ0) is 12.8. The van der Waals surface area contributed by atoms with Gasteiger partial charge in [0.25, 0.3) is 5.91 Å². The summed E-state index contributed by atoms with van der Waals surface area (Å²) in [5, 5.41) is 13.2. The Bertz CT molecular complexity index is 437. The third-order valence-corrected chi connectivity index (χ3v) is 3.23. The lowest BCUT2D eigenvalue weighted by Gasteiger charge is -2.10. The van der Waals surface area contributed by atoms with Gasteiger partial charge in [0.2, 0.25) is 0 Å². The van der Waals surface area contributed by atoms with E-state index in [1.54, 1.807) is 11.4 Å². The molecule has 0 fully saturated rings. The molecule has 0 aliphatic carbocycles. The van der Waals surface area contributed by atoms with Crippen LogP contribution in [0.4, 0.5) is 0 Å². The lowest BCUT2D eigenvalue weighted by molar-refractivity contribution is -0.131. The highest BCUT2D eigenvalue weighted by Crippen LogP contribution is 2.18. The first kappa shape index (κ1) is 13.4. The van der Waals surface area contributed by atoms with Crippen molar-refractivity contribution in [3.63, 3.8) is 0 Å². The highest BCUT2D eigenvalue weighted by molar-refractivity contribution is 7.12. The van der Waals surface area contributed by atoms with Gasteiger partial charge in [-0.25, -0.2) is 4.79 Å².